The SMILES string of the molecule is CC(Oc1ccc(-c2ccccc2)cc1)C(=O)Nc1ccc(C(=O)N(C)c2ccccc2)cc1. The lowest BCUT2D eigenvalue weighted by Crippen LogP contribution is -2.30. The Balaban J connectivity index is 1.34. The Morgan fingerprint density at radius 3 is 1.91 bits per heavy atom. The second-order valence-corrected chi connectivity index (χ2v) is 7.92. The van der Waals surface area contributed by atoms with Gasteiger partial charge in [0.05, 0.1) is 0 Å². The van der Waals surface area contributed by atoms with E-state index in [1.54, 1.807) is 43.1 Å². The maximum absolute atomic E-state index is 12.7. The third-order valence-electron chi connectivity index (χ3n) is 5.49. The number of hydrogen-bond donors (Lipinski definition) is 1. The van der Waals surface area contributed by atoms with Crippen LogP contribution in [0.2, 0.25) is 0 Å². The molecule has 4 aromatic rings. The van der Waals surface area contributed by atoms with Crippen LogP contribution in [0.3, 0.4) is 0 Å². The molecule has 1 atom stereocenters. The first kappa shape index (κ1) is 22.8. The van der Waals surface area contributed by atoms with Gasteiger partial charge >= 0.3 is 0 Å². The summed E-state index contributed by atoms with van der Waals surface area (Å²) in [5, 5.41) is 2.84. The van der Waals surface area contributed by atoms with Gasteiger partial charge in [0, 0.05) is 24.0 Å². The van der Waals surface area contributed by atoms with Crippen LogP contribution in [0.25, 0.3) is 11.1 Å². The van der Waals surface area contributed by atoms with Crippen molar-refractivity contribution in [2.75, 3.05) is 17.3 Å². The van der Waals surface area contributed by atoms with Gasteiger partial charge in [-0.1, -0.05) is 60.7 Å². The number of hydrogen-bond acceptors (Lipinski definition) is 3. The van der Waals surface area contributed by atoms with Crippen molar-refractivity contribution in [1.82, 2.24) is 0 Å². The summed E-state index contributed by atoms with van der Waals surface area (Å²) in [4.78, 5) is 26.9. The van der Waals surface area contributed by atoms with Gasteiger partial charge in [-0.15, -0.1) is 0 Å². The summed E-state index contributed by atoms with van der Waals surface area (Å²) >= 11 is 0. The summed E-state index contributed by atoms with van der Waals surface area (Å²) in [6.45, 7) is 1.70. The van der Waals surface area contributed by atoms with Gasteiger partial charge in [-0.2, -0.15) is 0 Å². The van der Waals surface area contributed by atoms with Crippen LogP contribution in [-0.4, -0.2) is 25.0 Å². The number of amides is 2. The number of para-hydroxylation sites is 1. The molecule has 0 aliphatic heterocycles. The minimum atomic E-state index is -0.687. The van der Waals surface area contributed by atoms with Crippen LogP contribution in [0.1, 0.15) is 17.3 Å². The number of rotatable bonds is 7. The van der Waals surface area contributed by atoms with Crippen molar-refractivity contribution in [2.45, 2.75) is 13.0 Å². The second kappa shape index (κ2) is 10.5. The highest BCUT2D eigenvalue weighted by Crippen LogP contribution is 2.23. The van der Waals surface area contributed by atoms with Crippen LogP contribution >= 0.6 is 0 Å². The normalized spacial score (nSPS) is 11.4. The summed E-state index contributed by atoms with van der Waals surface area (Å²) in [5.41, 5.74) is 4.15. The third-order valence-corrected chi connectivity index (χ3v) is 5.49. The van der Waals surface area contributed by atoms with E-state index < -0.39 is 6.10 Å². The fraction of sp³-hybridized carbons (Fsp3) is 0.103. The van der Waals surface area contributed by atoms with Crippen molar-refractivity contribution < 1.29 is 14.3 Å². The second-order valence-electron chi connectivity index (χ2n) is 7.92. The van der Waals surface area contributed by atoms with E-state index in [1.807, 2.05) is 84.9 Å². The molecule has 0 bridgehead atoms. The summed E-state index contributed by atoms with van der Waals surface area (Å²) in [6, 6.07) is 34.0. The number of carbonyl (C=O) groups excluding carboxylic acids is 2. The Morgan fingerprint density at radius 2 is 1.29 bits per heavy atom. The van der Waals surface area contributed by atoms with Crippen molar-refractivity contribution in [1.29, 1.82) is 0 Å². The molecule has 1 unspecified atom stereocenters. The summed E-state index contributed by atoms with van der Waals surface area (Å²) < 4.78 is 5.81. The Hall–Kier alpha value is -4.38. The molecule has 0 fully saturated rings. The molecule has 0 aromatic heterocycles. The monoisotopic (exact) mass is 450 g/mol. The van der Waals surface area contributed by atoms with Crippen molar-refractivity contribution in [3.05, 3.63) is 115 Å². The van der Waals surface area contributed by atoms with E-state index >= 15 is 0 Å². The van der Waals surface area contributed by atoms with Gasteiger partial charge in [0.25, 0.3) is 11.8 Å². The zero-order valence-electron chi connectivity index (χ0n) is 19.1. The first-order chi connectivity index (χ1) is 16.5. The van der Waals surface area contributed by atoms with Gasteiger partial charge in [0.2, 0.25) is 0 Å². The van der Waals surface area contributed by atoms with Crippen LogP contribution in [0.4, 0.5) is 11.4 Å². The molecule has 0 aliphatic rings. The molecule has 5 nitrogen and oxygen atoms in total. The summed E-state index contributed by atoms with van der Waals surface area (Å²) in [7, 11) is 1.73. The Labute approximate surface area is 199 Å². The standard InChI is InChI=1S/C29H26N2O3/c1-21(34-27-19-15-23(16-20-27)22-9-5-3-6-10-22)28(32)30-25-17-13-24(14-18-25)29(33)31(2)26-11-7-4-8-12-26/h3-21H,1-2H3,(H,30,32). The first-order valence-electron chi connectivity index (χ1n) is 11.1. The molecule has 34 heavy (non-hydrogen) atoms. The van der Waals surface area contributed by atoms with Crippen LogP contribution in [0.5, 0.6) is 5.75 Å². The van der Waals surface area contributed by atoms with Gasteiger partial charge in [-0.25, -0.2) is 0 Å². The van der Waals surface area contributed by atoms with E-state index in [1.165, 1.54) is 0 Å². The number of ether oxygens (including phenoxy) is 1. The van der Waals surface area contributed by atoms with Crippen LogP contribution in [-0.2, 0) is 4.79 Å². The molecule has 170 valence electrons. The molecule has 1 N–H and O–H groups in total. The van der Waals surface area contributed by atoms with E-state index in [2.05, 4.69) is 5.32 Å². The lowest BCUT2D eigenvalue weighted by molar-refractivity contribution is -0.122. The van der Waals surface area contributed by atoms with Crippen LogP contribution < -0.4 is 15.0 Å². The fourth-order valence-corrected chi connectivity index (χ4v) is 3.52. The molecule has 0 aliphatic carbocycles. The summed E-state index contributed by atoms with van der Waals surface area (Å²) in [5.74, 6) is 0.222. The molecule has 0 spiro atoms. The third kappa shape index (κ3) is 5.51. The molecule has 5 heteroatoms. The zero-order chi connectivity index (χ0) is 23.9. The molecule has 0 saturated heterocycles. The van der Waals surface area contributed by atoms with Gasteiger partial charge in [0.1, 0.15) is 5.75 Å². The number of anilines is 2. The van der Waals surface area contributed by atoms with Gasteiger partial charge in [-0.05, 0) is 66.6 Å². The van der Waals surface area contributed by atoms with E-state index in [9.17, 15) is 9.59 Å². The molecule has 2 amide bonds. The molecule has 0 saturated carbocycles. The quantitative estimate of drug-likeness (QED) is 0.374. The van der Waals surface area contributed by atoms with Crippen molar-refractivity contribution in [2.24, 2.45) is 0 Å². The van der Waals surface area contributed by atoms with Crippen LogP contribution in [0.15, 0.2) is 109 Å². The van der Waals surface area contributed by atoms with Gasteiger partial charge in [-0.3, -0.25) is 9.59 Å². The van der Waals surface area contributed by atoms with E-state index in [0.29, 0.717) is 17.0 Å². The maximum atomic E-state index is 12.7. The number of nitrogens with zero attached hydrogens (tertiary/aromatic N) is 1. The average molecular weight is 451 g/mol. The number of carbonyl (C=O) groups is 2. The molecule has 4 aromatic carbocycles. The molecule has 0 heterocycles. The zero-order valence-corrected chi connectivity index (χ0v) is 19.1. The number of benzene rings is 4. The van der Waals surface area contributed by atoms with E-state index in [4.69, 9.17) is 4.74 Å². The van der Waals surface area contributed by atoms with Crippen molar-refractivity contribution in [3.63, 3.8) is 0 Å². The fourth-order valence-electron chi connectivity index (χ4n) is 3.52. The minimum Gasteiger partial charge on any atom is -0.481 e. The van der Waals surface area contributed by atoms with Crippen molar-refractivity contribution in [3.8, 4) is 16.9 Å². The predicted molar refractivity (Wildman–Crippen MR) is 136 cm³/mol. The Kier molecular flexibility index (Phi) is 7.04. The average Bonchev–Trinajstić information content (AvgIpc) is 2.89. The molecular weight excluding hydrogens is 424 g/mol. The van der Waals surface area contributed by atoms with E-state index in [-0.39, 0.29) is 11.8 Å². The first-order valence-corrected chi connectivity index (χ1v) is 11.1. The van der Waals surface area contributed by atoms with Gasteiger partial charge < -0.3 is 15.0 Å². The molecule has 4 rings (SSSR count). The summed E-state index contributed by atoms with van der Waals surface area (Å²) in [6.07, 6.45) is -0.687. The lowest BCUT2D eigenvalue weighted by atomic mass is 10.1. The predicted octanol–water partition coefficient (Wildman–Crippen LogP) is 6.04. The highest BCUT2D eigenvalue weighted by Gasteiger charge is 2.16. The lowest BCUT2D eigenvalue weighted by Gasteiger charge is -2.18. The van der Waals surface area contributed by atoms with E-state index in [0.717, 1.165) is 16.8 Å². The number of nitrogens with one attached hydrogen (secondary N) is 1. The molecule has 0 radical (unpaired) electrons. The van der Waals surface area contributed by atoms with Crippen LogP contribution in [0, 0.1) is 0 Å². The van der Waals surface area contributed by atoms with Gasteiger partial charge in [0.15, 0.2) is 6.10 Å². The molecular formula is C29H26N2O3. The largest absolute Gasteiger partial charge is 0.481 e. The Morgan fingerprint density at radius 1 is 0.735 bits per heavy atom. The highest BCUT2D eigenvalue weighted by atomic mass is 16.5. The Bertz CT molecular complexity index is 1240. The minimum absolute atomic E-state index is 0.125. The topological polar surface area (TPSA) is 58.6 Å². The smallest absolute Gasteiger partial charge is 0.265 e. The highest BCUT2D eigenvalue weighted by molar-refractivity contribution is 6.06. The maximum Gasteiger partial charge on any atom is 0.265 e. The van der Waals surface area contributed by atoms with Crippen molar-refractivity contribution >= 4 is 23.2 Å².